The van der Waals surface area contributed by atoms with E-state index in [0.29, 0.717) is 0 Å². The molecule has 0 aromatic rings. The molecule has 0 aliphatic carbocycles. The predicted molar refractivity (Wildman–Crippen MR) is 41.8 cm³/mol. The van der Waals surface area contributed by atoms with Crippen molar-refractivity contribution in [3.63, 3.8) is 0 Å². The number of hydrogen-bond acceptors (Lipinski definition) is 2. The van der Waals surface area contributed by atoms with Crippen LogP contribution in [0, 0.1) is 0 Å². The van der Waals surface area contributed by atoms with E-state index in [2.05, 4.69) is 12.6 Å². The number of nitrogens with zero attached hydrogens (tertiary/aromatic N) is 1. The van der Waals surface area contributed by atoms with Gasteiger partial charge in [-0.1, -0.05) is 0 Å². The number of carbonyl (C=O) groups is 1. The molecule has 0 aliphatic heterocycles. The number of rotatable bonds is 2. The summed E-state index contributed by atoms with van der Waals surface area (Å²) in [6, 6.07) is 0. The molecule has 0 heterocycles. The van der Waals surface area contributed by atoms with Crippen molar-refractivity contribution < 1.29 is 4.79 Å². The maximum atomic E-state index is 10.9. The highest BCUT2D eigenvalue weighted by molar-refractivity contribution is 7.81. The van der Waals surface area contributed by atoms with E-state index in [-0.39, 0.29) is 11.2 Å². The Balaban J connectivity index is 3.73. The topological polar surface area (TPSA) is 20.3 Å². The van der Waals surface area contributed by atoms with E-state index >= 15 is 0 Å². The molecule has 3 heteroatoms. The first-order chi connectivity index (χ1) is 4.09. The fourth-order valence-corrected chi connectivity index (χ4v) is 0.672. The van der Waals surface area contributed by atoms with Gasteiger partial charge in [-0.15, -0.1) is 0 Å². The van der Waals surface area contributed by atoms with Crippen LogP contribution in [0.25, 0.3) is 0 Å². The molecule has 0 aromatic carbocycles. The van der Waals surface area contributed by atoms with E-state index in [4.69, 9.17) is 0 Å². The van der Waals surface area contributed by atoms with Crippen molar-refractivity contribution in [1.29, 1.82) is 0 Å². The molecule has 0 aliphatic rings. The van der Waals surface area contributed by atoms with Gasteiger partial charge in [-0.2, -0.15) is 12.6 Å². The number of amides is 1. The normalized spacial score (nSPS) is 12.9. The van der Waals surface area contributed by atoms with Crippen LogP contribution in [-0.2, 0) is 4.79 Å². The summed E-state index contributed by atoms with van der Waals surface area (Å²) < 4.78 is 0. The number of hydrogen-bond donors (Lipinski definition) is 1. The highest BCUT2D eigenvalue weighted by Gasteiger charge is 2.10. The Labute approximate surface area is 61.6 Å². The van der Waals surface area contributed by atoms with Gasteiger partial charge in [-0.05, 0) is 13.8 Å². The van der Waals surface area contributed by atoms with Gasteiger partial charge in [0.15, 0.2) is 0 Å². The quantitative estimate of drug-likeness (QED) is 0.572. The Morgan fingerprint density at radius 3 is 2.33 bits per heavy atom. The van der Waals surface area contributed by atoms with E-state index in [9.17, 15) is 4.79 Å². The molecule has 1 unspecified atom stereocenters. The lowest BCUT2D eigenvalue weighted by molar-refractivity contribution is -0.128. The summed E-state index contributed by atoms with van der Waals surface area (Å²) in [5, 5.41) is -0.171. The SMILES string of the molecule is CCN(C)C(=O)C(C)S. The van der Waals surface area contributed by atoms with E-state index in [1.807, 2.05) is 6.92 Å². The van der Waals surface area contributed by atoms with Crippen LogP contribution in [-0.4, -0.2) is 29.6 Å². The Morgan fingerprint density at radius 2 is 2.22 bits per heavy atom. The van der Waals surface area contributed by atoms with Crippen LogP contribution in [0.1, 0.15) is 13.8 Å². The van der Waals surface area contributed by atoms with Crippen LogP contribution in [0.3, 0.4) is 0 Å². The minimum Gasteiger partial charge on any atom is -0.345 e. The zero-order valence-electron chi connectivity index (χ0n) is 6.09. The molecule has 0 fully saturated rings. The number of thiol groups is 1. The molecule has 0 saturated carbocycles. The van der Waals surface area contributed by atoms with E-state index in [1.54, 1.807) is 18.9 Å². The molecule has 0 bridgehead atoms. The molecule has 1 atom stereocenters. The second-order valence-corrected chi connectivity index (χ2v) is 2.80. The van der Waals surface area contributed by atoms with Crippen LogP contribution in [0.5, 0.6) is 0 Å². The average molecular weight is 147 g/mol. The molecular weight excluding hydrogens is 134 g/mol. The monoisotopic (exact) mass is 147 g/mol. The third-order valence-electron chi connectivity index (χ3n) is 1.21. The summed E-state index contributed by atoms with van der Waals surface area (Å²) in [6.07, 6.45) is 0. The molecule has 0 spiro atoms. The van der Waals surface area contributed by atoms with Crippen molar-refractivity contribution in [3.8, 4) is 0 Å². The molecule has 9 heavy (non-hydrogen) atoms. The first-order valence-corrected chi connectivity index (χ1v) is 3.54. The molecule has 54 valence electrons. The van der Waals surface area contributed by atoms with E-state index in [1.165, 1.54) is 0 Å². The minimum atomic E-state index is -0.171. The van der Waals surface area contributed by atoms with Gasteiger partial charge in [0.25, 0.3) is 0 Å². The van der Waals surface area contributed by atoms with Crippen LogP contribution in [0.4, 0.5) is 0 Å². The summed E-state index contributed by atoms with van der Waals surface area (Å²) in [5.41, 5.74) is 0. The molecule has 0 rings (SSSR count). The fourth-order valence-electron chi connectivity index (χ4n) is 0.475. The number of carbonyl (C=O) groups excluding carboxylic acids is 1. The van der Waals surface area contributed by atoms with Crippen molar-refractivity contribution in [2.24, 2.45) is 0 Å². The fraction of sp³-hybridized carbons (Fsp3) is 0.833. The third kappa shape index (κ3) is 2.75. The smallest absolute Gasteiger partial charge is 0.234 e. The van der Waals surface area contributed by atoms with Crippen molar-refractivity contribution >= 4 is 18.5 Å². The Morgan fingerprint density at radius 1 is 1.78 bits per heavy atom. The van der Waals surface area contributed by atoms with Gasteiger partial charge in [0.2, 0.25) is 5.91 Å². The average Bonchev–Trinajstić information content (AvgIpc) is 1.84. The van der Waals surface area contributed by atoms with Crippen LogP contribution < -0.4 is 0 Å². The Hall–Kier alpha value is -0.180. The van der Waals surface area contributed by atoms with Gasteiger partial charge in [-0.25, -0.2) is 0 Å². The maximum absolute atomic E-state index is 10.9. The second-order valence-electron chi connectivity index (χ2n) is 2.03. The van der Waals surface area contributed by atoms with Gasteiger partial charge < -0.3 is 4.90 Å². The molecule has 0 N–H and O–H groups in total. The first kappa shape index (κ1) is 8.82. The van der Waals surface area contributed by atoms with Gasteiger partial charge in [0, 0.05) is 13.6 Å². The van der Waals surface area contributed by atoms with Crippen LogP contribution in [0.15, 0.2) is 0 Å². The lowest BCUT2D eigenvalue weighted by Gasteiger charge is -2.15. The molecule has 2 nitrogen and oxygen atoms in total. The Kier molecular flexibility index (Phi) is 3.70. The highest BCUT2D eigenvalue weighted by atomic mass is 32.1. The van der Waals surface area contributed by atoms with E-state index in [0.717, 1.165) is 6.54 Å². The maximum Gasteiger partial charge on any atom is 0.234 e. The summed E-state index contributed by atoms with van der Waals surface area (Å²) in [7, 11) is 1.77. The first-order valence-electron chi connectivity index (χ1n) is 3.02. The van der Waals surface area contributed by atoms with E-state index < -0.39 is 0 Å². The Bertz CT molecular complexity index is 103. The summed E-state index contributed by atoms with van der Waals surface area (Å²) in [5.74, 6) is 0.0841. The molecule has 0 radical (unpaired) electrons. The highest BCUT2D eigenvalue weighted by Crippen LogP contribution is 1.97. The summed E-state index contributed by atoms with van der Waals surface area (Å²) in [4.78, 5) is 12.6. The largest absolute Gasteiger partial charge is 0.345 e. The molecule has 1 amide bonds. The minimum absolute atomic E-state index is 0.0841. The molecule has 0 saturated heterocycles. The van der Waals surface area contributed by atoms with Crippen molar-refractivity contribution in [1.82, 2.24) is 4.90 Å². The summed E-state index contributed by atoms with van der Waals surface area (Å²) in [6.45, 7) is 4.47. The van der Waals surface area contributed by atoms with Crippen LogP contribution in [0.2, 0.25) is 0 Å². The second kappa shape index (κ2) is 3.77. The zero-order valence-corrected chi connectivity index (χ0v) is 6.98. The zero-order chi connectivity index (χ0) is 7.44. The summed E-state index contributed by atoms with van der Waals surface area (Å²) >= 11 is 4.00. The van der Waals surface area contributed by atoms with Crippen LogP contribution >= 0.6 is 12.6 Å². The molecule has 0 aromatic heterocycles. The van der Waals surface area contributed by atoms with Gasteiger partial charge in [-0.3, -0.25) is 4.79 Å². The van der Waals surface area contributed by atoms with Crippen molar-refractivity contribution in [3.05, 3.63) is 0 Å². The third-order valence-corrected chi connectivity index (χ3v) is 1.43. The lowest BCUT2D eigenvalue weighted by Crippen LogP contribution is -2.31. The van der Waals surface area contributed by atoms with Gasteiger partial charge in [0.1, 0.15) is 0 Å². The lowest BCUT2D eigenvalue weighted by atomic mass is 10.4. The van der Waals surface area contributed by atoms with Crippen molar-refractivity contribution in [2.75, 3.05) is 13.6 Å². The van der Waals surface area contributed by atoms with Gasteiger partial charge in [0.05, 0.1) is 5.25 Å². The predicted octanol–water partition coefficient (Wildman–Crippen LogP) is 0.783. The van der Waals surface area contributed by atoms with Crippen molar-refractivity contribution in [2.45, 2.75) is 19.1 Å². The standard InChI is InChI=1S/C6H13NOS/c1-4-7(3)6(8)5(2)9/h5,9H,4H2,1-3H3. The molecular formula is C6H13NOS. The van der Waals surface area contributed by atoms with Gasteiger partial charge >= 0.3 is 0 Å².